The van der Waals surface area contributed by atoms with Crippen LogP contribution in [0.4, 0.5) is 0 Å². The third-order valence-electron chi connectivity index (χ3n) is 3.62. The maximum Gasteiger partial charge on any atom is 0.277 e. The molecule has 0 atom stereocenters. The summed E-state index contributed by atoms with van der Waals surface area (Å²) in [6.45, 7) is 4.45. The first-order valence-corrected chi connectivity index (χ1v) is 7.53. The fraction of sp³-hybridized carbons (Fsp3) is 0.316. The fourth-order valence-corrected chi connectivity index (χ4v) is 2.37. The van der Waals surface area contributed by atoms with Gasteiger partial charge in [0.25, 0.3) is 5.91 Å². The summed E-state index contributed by atoms with van der Waals surface area (Å²) in [5.74, 6) is 0.509. The number of hydroxylamine groups is 2. The molecule has 116 valence electrons. The van der Waals surface area contributed by atoms with Crippen LogP contribution in [0.5, 0.6) is 0 Å². The van der Waals surface area contributed by atoms with Crippen LogP contribution in [-0.4, -0.2) is 25.1 Å². The predicted molar refractivity (Wildman–Crippen MR) is 89.5 cm³/mol. The average molecular weight is 297 g/mol. The Morgan fingerprint density at radius 2 is 1.50 bits per heavy atom. The van der Waals surface area contributed by atoms with Crippen molar-refractivity contribution in [1.82, 2.24) is 5.06 Å². The van der Waals surface area contributed by atoms with Crippen LogP contribution in [0.25, 0.3) is 11.1 Å². The van der Waals surface area contributed by atoms with Gasteiger partial charge in [-0.15, -0.1) is 0 Å². The van der Waals surface area contributed by atoms with Crippen LogP contribution >= 0.6 is 0 Å². The van der Waals surface area contributed by atoms with E-state index in [-0.39, 0.29) is 5.91 Å². The van der Waals surface area contributed by atoms with Crippen LogP contribution in [0.3, 0.4) is 0 Å². The fourth-order valence-electron chi connectivity index (χ4n) is 2.37. The number of hydrogen-bond acceptors (Lipinski definition) is 2. The molecule has 0 spiro atoms. The van der Waals surface area contributed by atoms with Crippen molar-refractivity contribution in [2.75, 3.05) is 14.2 Å². The van der Waals surface area contributed by atoms with Crippen LogP contribution in [-0.2, 0) is 11.3 Å². The first-order chi connectivity index (χ1) is 10.5. The molecule has 3 heteroatoms. The zero-order valence-corrected chi connectivity index (χ0v) is 13.7. The van der Waals surface area contributed by atoms with Crippen LogP contribution in [0, 0.1) is 5.92 Å². The van der Waals surface area contributed by atoms with E-state index in [0.29, 0.717) is 11.5 Å². The number of amides is 1. The minimum Gasteiger partial charge on any atom is -0.274 e. The summed E-state index contributed by atoms with van der Waals surface area (Å²) >= 11 is 0. The number of rotatable bonds is 5. The molecule has 1 amide bonds. The van der Waals surface area contributed by atoms with Gasteiger partial charge in [-0.05, 0) is 41.2 Å². The molecule has 2 rings (SSSR count). The van der Waals surface area contributed by atoms with E-state index in [0.717, 1.165) is 17.5 Å². The van der Waals surface area contributed by atoms with E-state index in [1.165, 1.54) is 17.7 Å². The van der Waals surface area contributed by atoms with Gasteiger partial charge in [0.1, 0.15) is 0 Å². The van der Waals surface area contributed by atoms with Gasteiger partial charge < -0.3 is 0 Å². The Kier molecular flexibility index (Phi) is 5.34. The topological polar surface area (TPSA) is 29.5 Å². The Bertz CT molecular complexity index is 615. The largest absolute Gasteiger partial charge is 0.277 e. The molecule has 0 saturated heterocycles. The average Bonchev–Trinajstić information content (AvgIpc) is 2.54. The first-order valence-electron chi connectivity index (χ1n) is 7.53. The number of benzene rings is 2. The van der Waals surface area contributed by atoms with E-state index >= 15 is 0 Å². The van der Waals surface area contributed by atoms with Gasteiger partial charge in [0, 0.05) is 12.6 Å². The third-order valence-corrected chi connectivity index (χ3v) is 3.62. The second kappa shape index (κ2) is 7.23. The summed E-state index contributed by atoms with van der Waals surface area (Å²) in [4.78, 5) is 16.9. The molecule has 0 aromatic heterocycles. The molecule has 3 nitrogen and oxygen atoms in total. The summed E-state index contributed by atoms with van der Waals surface area (Å²) in [5, 5.41) is 1.22. The Labute approximate surface area is 132 Å². The Hall–Kier alpha value is -2.13. The van der Waals surface area contributed by atoms with Crippen LogP contribution in [0.15, 0.2) is 48.5 Å². The number of carbonyl (C=O) groups excluding carboxylic acids is 1. The Morgan fingerprint density at radius 3 is 1.95 bits per heavy atom. The first kappa shape index (κ1) is 16.2. The Morgan fingerprint density at radius 1 is 1.00 bits per heavy atom. The summed E-state index contributed by atoms with van der Waals surface area (Å²) in [6.07, 6.45) is 1.09. The van der Waals surface area contributed by atoms with Crippen LogP contribution in [0.2, 0.25) is 0 Å². The van der Waals surface area contributed by atoms with Gasteiger partial charge in [-0.3, -0.25) is 9.63 Å². The molecular formula is C19H23NO2. The smallest absolute Gasteiger partial charge is 0.274 e. The highest BCUT2D eigenvalue weighted by molar-refractivity contribution is 5.93. The van der Waals surface area contributed by atoms with Gasteiger partial charge in [-0.1, -0.05) is 50.2 Å². The zero-order chi connectivity index (χ0) is 16.1. The maximum absolute atomic E-state index is 12.0. The van der Waals surface area contributed by atoms with E-state index in [2.05, 4.69) is 38.1 Å². The monoisotopic (exact) mass is 297 g/mol. The van der Waals surface area contributed by atoms with Crippen molar-refractivity contribution >= 4 is 5.91 Å². The van der Waals surface area contributed by atoms with E-state index < -0.39 is 0 Å². The quantitative estimate of drug-likeness (QED) is 0.775. The maximum atomic E-state index is 12.0. The van der Waals surface area contributed by atoms with E-state index in [4.69, 9.17) is 4.84 Å². The SMILES string of the molecule is CON(C)C(=O)c1ccc(-c2ccc(CC(C)C)cc2)cc1. The zero-order valence-electron chi connectivity index (χ0n) is 13.7. The molecule has 0 radical (unpaired) electrons. The summed E-state index contributed by atoms with van der Waals surface area (Å²) in [6, 6.07) is 16.2. The molecule has 0 aliphatic heterocycles. The predicted octanol–water partition coefficient (Wildman–Crippen LogP) is 4.19. The van der Waals surface area contributed by atoms with E-state index in [9.17, 15) is 4.79 Å². The molecule has 2 aromatic carbocycles. The van der Waals surface area contributed by atoms with Crippen molar-refractivity contribution in [3.63, 3.8) is 0 Å². The second-order valence-corrected chi connectivity index (χ2v) is 5.86. The minimum absolute atomic E-state index is 0.152. The highest BCUT2D eigenvalue weighted by Gasteiger charge is 2.11. The van der Waals surface area contributed by atoms with E-state index in [1.807, 2.05) is 24.3 Å². The van der Waals surface area contributed by atoms with Crippen molar-refractivity contribution in [3.05, 3.63) is 59.7 Å². The molecule has 0 N–H and O–H groups in total. The summed E-state index contributed by atoms with van der Waals surface area (Å²) in [5.41, 5.74) is 4.23. The lowest BCUT2D eigenvalue weighted by molar-refractivity contribution is -0.0756. The lowest BCUT2D eigenvalue weighted by Crippen LogP contribution is -2.25. The van der Waals surface area contributed by atoms with Gasteiger partial charge in [0.15, 0.2) is 0 Å². The third kappa shape index (κ3) is 3.95. The van der Waals surface area contributed by atoms with Gasteiger partial charge in [-0.2, -0.15) is 0 Å². The van der Waals surface area contributed by atoms with E-state index in [1.54, 1.807) is 7.05 Å². The molecule has 0 aliphatic rings. The minimum atomic E-state index is -0.152. The molecule has 0 aliphatic carbocycles. The van der Waals surface area contributed by atoms with Crippen molar-refractivity contribution in [2.45, 2.75) is 20.3 Å². The van der Waals surface area contributed by atoms with Crippen LogP contribution in [0.1, 0.15) is 29.8 Å². The molecule has 0 bridgehead atoms. The van der Waals surface area contributed by atoms with Gasteiger partial charge >= 0.3 is 0 Å². The standard InChI is InChI=1S/C19H23NO2/c1-14(2)13-15-5-7-16(8-6-15)17-9-11-18(12-10-17)19(21)20(3)22-4/h5-12,14H,13H2,1-4H3. The molecule has 0 unspecified atom stereocenters. The second-order valence-electron chi connectivity index (χ2n) is 5.86. The van der Waals surface area contributed by atoms with Gasteiger partial charge in [0.2, 0.25) is 0 Å². The van der Waals surface area contributed by atoms with Crippen molar-refractivity contribution in [3.8, 4) is 11.1 Å². The van der Waals surface area contributed by atoms with Gasteiger partial charge in [-0.25, -0.2) is 5.06 Å². The number of hydrogen-bond donors (Lipinski definition) is 0. The highest BCUT2D eigenvalue weighted by atomic mass is 16.7. The summed E-state index contributed by atoms with van der Waals surface area (Å²) < 4.78 is 0. The highest BCUT2D eigenvalue weighted by Crippen LogP contribution is 2.21. The lowest BCUT2D eigenvalue weighted by Gasteiger charge is -2.13. The van der Waals surface area contributed by atoms with Crippen LogP contribution < -0.4 is 0 Å². The molecule has 22 heavy (non-hydrogen) atoms. The summed E-state index contributed by atoms with van der Waals surface area (Å²) in [7, 11) is 3.08. The van der Waals surface area contributed by atoms with Crippen molar-refractivity contribution in [1.29, 1.82) is 0 Å². The number of carbonyl (C=O) groups is 1. The van der Waals surface area contributed by atoms with Gasteiger partial charge in [0.05, 0.1) is 7.11 Å². The molecule has 0 heterocycles. The number of nitrogens with zero attached hydrogens (tertiary/aromatic N) is 1. The van der Waals surface area contributed by atoms with Crippen molar-refractivity contribution in [2.24, 2.45) is 5.92 Å². The Balaban J connectivity index is 2.15. The molecule has 0 saturated carbocycles. The molecule has 0 fully saturated rings. The van der Waals surface area contributed by atoms with Crippen molar-refractivity contribution < 1.29 is 9.63 Å². The normalized spacial score (nSPS) is 10.8. The molecule has 2 aromatic rings. The molecular weight excluding hydrogens is 274 g/mol. The lowest BCUT2D eigenvalue weighted by atomic mass is 9.98.